The van der Waals surface area contributed by atoms with Crippen molar-refractivity contribution >= 4 is 10.9 Å². The summed E-state index contributed by atoms with van der Waals surface area (Å²) in [6.45, 7) is 0. The summed E-state index contributed by atoms with van der Waals surface area (Å²) in [7, 11) is 2.04. The van der Waals surface area contributed by atoms with E-state index in [1.165, 1.54) is 35.8 Å². The second-order valence-electron chi connectivity index (χ2n) is 4.81. The smallest absolute Gasteiger partial charge is 0.0705 e. The topological polar surface area (TPSA) is 24.9 Å². The molecule has 0 fully saturated rings. The summed E-state index contributed by atoms with van der Waals surface area (Å²) in [6.07, 6.45) is 7.96. The maximum atomic E-state index is 4.44. The SMILES string of the molecule is CNC(C1=CCCC1)c1cccc2ncccc12. The van der Waals surface area contributed by atoms with Crippen molar-refractivity contribution in [1.82, 2.24) is 10.3 Å². The molecule has 1 aliphatic carbocycles. The monoisotopic (exact) mass is 238 g/mol. The Kier molecular flexibility index (Phi) is 3.11. The molecule has 1 aromatic carbocycles. The number of pyridine rings is 1. The molecule has 0 saturated carbocycles. The molecule has 2 aromatic rings. The Morgan fingerprint density at radius 3 is 2.94 bits per heavy atom. The maximum Gasteiger partial charge on any atom is 0.0705 e. The third-order valence-corrected chi connectivity index (χ3v) is 3.73. The largest absolute Gasteiger partial charge is 0.310 e. The van der Waals surface area contributed by atoms with Gasteiger partial charge in [-0.05, 0) is 44.0 Å². The van der Waals surface area contributed by atoms with Gasteiger partial charge >= 0.3 is 0 Å². The van der Waals surface area contributed by atoms with E-state index in [0.717, 1.165) is 5.52 Å². The molecule has 0 bridgehead atoms. The van der Waals surface area contributed by atoms with E-state index in [4.69, 9.17) is 0 Å². The van der Waals surface area contributed by atoms with E-state index >= 15 is 0 Å². The minimum absolute atomic E-state index is 0.334. The molecule has 3 rings (SSSR count). The Hall–Kier alpha value is -1.67. The summed E-state index contributed by atoms with van der Waals surface area (Å²) in [5.41, 5.74) is 3.94. The first-order valence-electron chi connectivity index (χ1n) is 6.60. The molecule has 0 aliphatic heterocycles. The van der Waals surface area contributed by atoms with Gasteiger partial charge in [-0.2, -0.15) is 0 Å². The predicted molar refractivity (Wildman–Crippen MR) is 75.5 cm³/mol. The van der Waals surface area contributed by atoms with E-state index in [9.17, 15) is 0 Å². The van der Waals surface area contributed by atoms with Crippen LogP contribution in [0.2, 0.25) is 0 Å². The van der Waals surface area contributed by atoms with Gasteiger partial charge in [0, 0.05) is 11.6 Å². The highest BCUT2D eigenvalue weighted by Crippen LogP contribution is 2.33. The number of allylic oxidation sites excluding steroid dienone is 1. The van der Waals surface area contributed by atoms with Crippen molar-refractivity contribution in [3.8, 4) is 0 Å². The zero-order valence-corrected chi connectivity index (χ0v) is 10.7. The number of benzene rings is 1. The van der Waals surface area contributed by atoms with Crippen molar-refractivity contribution in [2.24, 2.45) is 0 Å². The maximum absolute atomic E-state index is 4.44. The molecular weight excluding hydrogens is 220 g/mol. The predicted octanol–water partition coefficient (Wildman–Crippen LogP) is 3.61. The van der Waals surface area contributed by atoms with Crippen molar-refractivity contribution in [2.45, 2.75) is 25.3 Å². The molecule has 1 atom stereocenters. The van der Waals surface area contributed by atoms with Crippen LogP contribution in [0.4, 0.5) is 0 Å². The molecule has 1 N–H and O–H groups in total. The second-order valence-corrected chi connectivity index (χ2v) is 4.81. The first kappa shape index (κ1) is 11.4. The van der Waals surface area contributed by atoms with E-state index < -0.39 is 0 Å². The lowest BCUT2D eigenvalue weighted by molar-refractivity contribution is 0.660. The van der Waals surface area contributed by atoms with Crippen LogP contribution >= 0.6 is 0 Å². The van der Waals surface area contributed by atoms with Gasteiger partial charge in [-0.25, -0.2) is 0 Å². The van der Waals surface area contributed by atoms with Crippen LogP contribution in [-0.2, 0) is 0 Å². The van der Waals surface area contributed by atoms with Crippen molar-refractivity contribution in [3.05, 3.63) is 53.7 Å². The summed E-state index contributed by atoms with van der Waals surface area (Å²) >= 11 is 0. The highest BCUT2D eigenvalue weighted by Gasteiger charge is 2.19. The van der Waals surface area contributed by atoms with E-state index in [0.29, 0.717) is 6.04 Å². The number of nitrogens with zero attached hydrogens (tertiary/aromatic N) is 1. The molecule has 1 unspecified atom stereocenters. The van der Waals surface area contributed by atoms with Crippen LogP contribution in [0, 0.1) is 0 Å². The molecule has 2 nitrogen and oxygen atoms in total. The Labute approximate surface area is 108 Å². The van der Waals surface area contributed by atoms with Crippen LogP contribution in [0.1, 0.15) is 30.9 Å². The molecule has 1 heterocycles. The van der Waals surface area contributed by atoms with Gasteiger partial charge < -0.3 is 5.32 Å². The van der Waals surface area contributed by atoms with Crippen molar-refractivity contribution in [1.29, 1.82) is 0 Å². The molecule has 0 saturated heterocycles. The fourth-order valence-corrected chi connectivity index (χ4v) is 2.88. The van der Waals surface area contributed by atoms with Crippen molar-refractivity contribution in [3.63, 3.8) is 0 Å². The van der Waals surface area contributed by atoms with Gasteiger partial charge in [-0.1, -0.05) is 29.8 Å². The number of aromatic nitrogens is 1. The van der Waals surface area contributed by atoms with Crippen molar-refractivity contribution in [2.75, 3.05) is 7.05 Å². The Balaban J connectivity index is 2.12. The molecule has 1 aromatic heterocycles. The lowest BCUT2D eigenvalue weighted by atomic mass is 9.95. The van der Waals surface area contributed by atoms with Gasteiger partial charge in [0.25, 0.3) is 0 Å². The average molecular weight is 238 g/mol. The third kappa shape index (κ3) is 1.93. The Morgan fingerprint density at radius 2 is 2.17 bits per heavy atom. The minimum Gasteiger partial charge on any atom is -0.310 e. The van der Waals surface area contributed by atoms with Gasteiger partial charge in [0.15, 0.2) is 0 Å². The van der Waals surface area contributed by atoms with E-state index in [1.807, 2.05) is 19.3 Å². The van der Waals surface area contributed by atoms with Crippen LogP contribution in [0.3, 0.4) is 0 Å². The summed E-state index contributed by atoms with van der Waals surface area (Å²) < 4.78 is 0. The Morgan fingerprint density at radius 1 is 1.22 bits per heavy atom. The molecule has 1 aliphatic rings. The van der Waals surface area contributed by atoms with Gasteiger partial charge in [-0.3, -0.25) is 4.98 Å². The van der Waals surface area contributed by atoms with Gasteiger partial charge in [0.2, 0.25) is 0 Å². The van der Waals surface area contributed by atoms with E-state index in [2.05, 4.69) is 40.6 Å². The molecule has 0 amide bonds. The van der Waals surface area contributed by atoms with Crippen LogP contribution in [-0.4, -0.2) is 12.0 Å². The number of rotatable bonds is 3. The molecule has 92 valence electrons. The Bertz CT molecular complexity index is 581. The number of hydrogen-bond donors (Lipinski definition) is 1. The molecule has 2 heteroatoms. The number of likely N-dealkylation sites (N-methyl/N-ethyl adjacent to an activating group) is 1. The summed E-state index contributed by atoms with van der Waals surface area (Å²) in [5.74, 6) is 0. The van der Waals surface area contributed by atoms with E-state index in [-0.39, 0.29) is 0 Å². The average Bonchev–Trinajstić information content (AvgIpc) is 2.94. The lowest BCUT2D eigenvalue weighted by Crippen LogP contribution is -2.18. The summed E-state index contributed by atoms with van der Waals surface area (Å²) in [4.78, 5) is 4.44. The van der Waals surface area contributed by atoms with Crippen LogP contribution in [0.15, 0.2) is 48.2 Å². The standard InChI is InChI=1S/C16H18N2/c1-17-16(12-6-2-3-7-12)14-8-4-10-15-13(14)9-5-11-18-15/h4-6,8-11,16-17H,2-3,7H2,1H3. The summed E-state index contributed by atoms with van der Waals surface area (Å²) in [6, 6.07) is 10.9. The lowest BCUT2D eigenvalue weighted by Gasteiger charge is -2.20. The zero-order chi connectivity index (χ0) is 12.4. The second kappa shape index (κ2) is 4.91. The number of hydrogen-bond acceptors (Lipinski definition) is 2. The molecule has 0 spiro atoms. The minimum atomic E-state index is 0.334. The zero-order valence-electron chi connectivity index (χ0n) is 10.7. The fraction of sp³-hybridized carbons (Fsp3) is 0.312. The van der Waals surface area contributed by atoms with Crippen LogP contribution in [0.25, 0.3) is 10.9 Å². The number of nitrogens with one attached hydrogen (secondary N) is 1. The van der Waals surface area contributed by atoms with Gasteiger partial charge in [0.1, 0.15) is 0 Å². The molecular formula is C16H18N2. The third-order valence-electron chi connectivity index (χ3n) is 3.73. The first-order valence-corrected chi connectivity index (χ1v) is 6.60. The van der Waals surface area contributed by atoms with Crippen LogP contribution < -0.4 is 5.32 Å². The molecule has 18 heavy (non-hydrogen) atoms. The van der Waals surface area contributed by atoms with Crippen molar-refractivity contribution < 1.29 is 0 Å². The quantitative estimate of drug-likeness (QED) is 0.826. The molecule has 0 radical (unpaired) electrons. The normalized spacial score (nSPS) is 16.8. The highest BCUT2D eigenvalue weighted by molar-refractivity contribution is 5.82. The first-order chi connectivity index (χ1) is 8.90. The number of fused-ring (bicyclic) bond motifs is 1. The highest BCUT2D eigenvalue weighted by atomic mass is 14.9. The van der Waals surface area contributed by atoms with Gasteiger partial charge in [-0.15, -0.1) is 0 Å². The van der Waals surface area contributed by atoms with E-state index in [1.54, 1.807) is 0 Å². The summed E-state index contributed by atoms with van der Waals surface area (Å²) in [5, 5.41) is 4.71. The fourth-order valence-electron chi connectivity index (χ4n) is 2.88. The van der Waals surface area contributed by atoms with Gasteiger partial charge in [0.05, 0.1) is 11.6 Å². The van der Waals surface area contributed by atoms with Crippen LogP contribution in [0.5, 0.6) is 0 Å².